The molecule has 5 nitrogen and oxygen atoms in total. The summed E-state index contributed by atoms with van der Waals surface area (Å²) in [6.45, 7) is 1.81. The van der Waals surface area contributed by atoms with Crippen molar-refractivity contribution in [1.29, 1.82) is 0 Å². The molecular formula is C23H30O5. The van der Waals surface area contributed by atoms with E-state index in [2.05, 4.69) is 18.8 Å². The molecular weight excluding hydrogens is 356 g/mol. The van der Waals surface area contributed by atoms with Gasteiger partial charge in [-0.2, -0.15) is 0 Å². The molecule has 152 valence electrons. The summed E-state index contributed by atoms with van der Waals surface area (Å²) in [7, 11) is 0. The van der Waals surface area contributed by atoms with Crippen LogP contribution < -0.4 is 4.74 Å². The van der Waals surface area contributed by atoms with Gasteiger partial charge < -0.3 is 19.7 Å². The monoisotopic (exact) mass is 386 g/mol. The van der Waals surface area contributed by atoms with Gasteiger partial charge in [0.25, 0.3) is 0 Å². The third-order valence-electron chi connectivity index (χ3n) is 5.65. The van der Waals surface area contributed by atoms with E-state index in [1.807, 2.05) is 18.2 Å². The number of aliphatic hydroxyl groups excluding tert-OH is 1. The fraction of sp³-hybridized carbons (Fsp3) is 0.609. The van der Waals surface area contributed by atoms with Crippen LogP contribution in [0.5, 0.6) is 5.75 Å². The van der Waals surface area contributed by atoms with Gasteiger partial charge in [0.15, 0.2) is 6.61 Å². The Labute approximate surface area is 167 Å². The van der Waals surface area contributed by atoms with Crippen LogP contribution in [-0.4, -0.2) is 41.1 Å². The lowest BCUT2D eigenvalue weighted by atomic mass is 9.76. The van der Waals surface area contributed by atoms with Gasteiger partial charge in [0.1, 0.15) is 11.9 Å². The largest absolute Gasteiger partial charge is 0.482 e. The number of rotatable bonds is 9. The second-order valence-electron chi connectivity index (χ2n) is 7.81. The fourth-order valence-corrected chi connectivity index (χ4v) is 4.27. The van der Waals surface area contributed by atoms with Crippen LogP contribution in [0.4, 0.5) is 0 Å². The predicted molar refractivity (Wildman–Crippen MR) is 106 cm³/mol. The number of carboxylic acid groups (broad SMARTS) is 1. The molecule has 2 aliphatic rings. The van der Waals surface area contributed by atoms with Crippen LogP contribution in [0.2, 0.25) is 0 Å². The molecule has 5 heteroatoms. The summed E-state index contributed by atoms with van der Waals surface area (Å²) in [5.41, 5.74) is 1.10. The summed E-state index contributed by atoms with van der Waals surface area (Å²) in [6.07, 6.45) is 6.73. The number of carbonyl (C=O) groups is 1. The molecule has 28 heavy (non-hydrogen) atoms. The highest BCUT2D eigenvalue weighted by atomic mass is 16.5. The summed E-state index contributed by atoms with van der Waals surface area (Å²) in [6, 6.07) is 7.59. The van der Waals surface area contributed by atoms with Gasteiger partial charge in [-0.05, 0) is 49.8 Å². The molecule has 2 bridgehead atoms. The van der Waals surface area contributed by atoms with Crippen molar-refractivity contribution in [2.45, 2.75) is 70.2 Å². The first-order valence-electron chi connectivity index (χ1n) is 10.3. The number of unbranched alkanes of at least 4 members (excludes halogenated alkanes) is 2. The minimum Gasteiger partial charge on any atom is -0.482 e. The Balaban J connectivity index is 1.64. The molecule has 2 aliphatic heterocycles. The van der Waals surface area contributed by atoms with Crippen LogP contribution in [0.1, 0.15) is 51.0 Å². The first-order chi connectivity index (χ1) is 13.6. The zero-order valence-electron chi connectivity index (χ0n) is 16.5. The van der Waals surface area contributed by atoms with E-state index in [1.165, 1.54) is 0 Å². The average molecular weight is 386 g/mol. The maximum absolute atomic E-state index is 10.7. The molecule has 3 rings (SSSR count). The Bertz CT molecular complexity index is 719. The fourth-order valence-electron chi connectivity index (χ4n) is 4.27. The zero-order valence-corrected chi connectivity index (χ0v) is 16.5. The molecule has 0 unspecified atom stereocenters. The van der Waals surface area contributed by atoms with Crippen molar-refractivity contribution in [2.24, 2.45) is 11.8 Å². The van der Waals surface area contributed by atoms with Gasteiger partial charge in [-0.25, -0.2) is 4.79 Å². The molecule has 0 aromatic heterocycles. The summed E-state index contributed by atoms with van der Waals surface area (Å²) < 4.78 is 11.4. The highest BCUT2D eigenvalue weighted by Gasteiger charge is 2.48. The highest BCUT2D eigenvalue weighted by molar-refractivity contribution is 5.68. The van der Waals surface area contributed by atoms with Crippen molar-refractivity contribution in [2.75, 3.05) is 6.61 Å². The van der Waals surface area contributed by atoms with Gasteiger partial charge in [-0.1, -0.05) is 43.7 Å². The molecule has 2 heterocycles. The number of ether oxygens (including phenoxy) is 2. The molecule has 0 amide bonds. The normalized spacial score (nSPS) is 26.5. The summed E-state index contributed by atoms with van der Waals surface area (Å²) in [4.78, 5) is 10.7. The molecule has 2 saturated heterocycles. The molecule has 0 saturated carbocycles. The third kappa shape index (κ3) is 5.50. The van der Waals surface area contributed by atoms with E-state index < -0.39 is 12.1 Å². The second kappa shape index (κ2) is 9.95. The summed E-state index contributed by atoms with van der Waals surface area (Å²) in [5, 5.41) is 18.9. The maximum atomic E-state index is 10.7. The van der Waals surface area contributed by atoms with Crippen LogP contribution >= 0.6 is 0 Å². The van der Waals surface area contributed by atoms with E-state index in [-0.39, 0.29) is 24.7 Å². The lowest BCUT2D eigenvalue weighted by molar-refractivity contribution is -0.139. The van der Waals surface area contributed by atoms with Gasteiger partial charge in [-0.3, -0.25) is 0 Å². The second-order valence-corrected chi connectivity index (χ2v) is 7.81. The Kier molecular flexibility index (Phi) is 7.36. The molecule has 1 aromatic carbocycles. The predicted octanol–water partition coefficient (Wildman–Crippen LogP) is 3.43. The lowest BCUT2D eigenvalue weighted by Crippen LogP contribution is -2.28. The zero-order chi connectivity index (χ0) is 19.9. The first kappa shape index (κ1) is 20.7. The molecule has 0 radical (unpaired) electrons. The SMILES string of the molecule is CCCCC[C@H](O)C#C[C@@H]1[C@H](Cc2cccc(OCC(=O)O)c2)[C@H]2CC[C@@H]1O2. The van der Waals surface area contributed by atoms with E-state index in [9.17, 15) is 9.90 Å². The number of aliphatic carboxylic acids is 1. The van der Waals surface area contributed by atoms with Crippen LogP contribution in [0.15, 0.2) is 24.3 Å². The van der Waals surface area contributed by atoms with Gasteiger partial charge >= 0.3 is 5.97 Å². The maximum Gasteiger partial charge on any atom is 0.341 e. The van der Waals surface area contributed by atoms with Gasteiger partial charge in [0, 0.05) is 5.92 Å². The highest BCUT2D eigenvalue weighted by Crippen LogP contribution is 2.44. The van der Waals surface area contributed by atoms with E-state index in [1.54, 1.807) is 6.07 Å². The molecule has 0 spiro atoms. The number of aliphatic hydroxyl groups is 1. The quantitative estimate of drug-likeness (QED) is 0.502. The molecule has 1 aromatic rings. The topological polar surface area (TPSA) is 76.0 Å². The Morgan fingerprint density at radius 2 is 2.14 bits per heavy atom. The summed E-state index contributed by atoms with van der Waals surface area (Å²) >= 11 is 0. The Hall–Kier alpha value is -2.03. The number of fused-ring (bicyclic) bond motifs is 2. The van der Waals surface area contributed by atoms with Gasteiger partial charge in [0.05, 0.1) is 18.1 Å². The Morgan fingerprint density at radius 3 is 2.93 bits per heavy atom. The van der Waals surface area contributed by atoms with Crippen LogP contribution in [0.25, 0.3) is 0 Å². The van der Waals surface area contributed by atoms with Crippen molar-refractivity contribution < 1.29 is 24.5 Å². The lowest BCUT2D eigenvalue weighted by Gasteiger charge is -2.24. The third-order valence-corrected chi connectivity index (χ3v) is 5.65. The minimum atomic E-state index is -0.986. The van der Waals surface area contributed by atoms with Crippen molar-refractivity contribution in [3.63, 3.8) is 0 Å². The van der Waals surface area contributed by atoms with Crippen LogP contribution in [-0.2, 0) is 16.0 Å². The van der Waals surface area contributed by atoms with E-state index in [0.29, 0.717) is 11.7 Å². The standard InChI is InChI=1S/C23H30O5/c1-2-3-4-7-17(24)9-10-19-20(22-12-11-21(19)28-22)14-16-6-5-8-18(13-16)27-15-23(25)26/h5-6,8,13,17,19-22,24H,2-4,7,11-12,14-15H2,1H3,(H,25,26)/t17-,19+,20-,21-,22+/m0/s1. The van der Waals surface area contributed by atoms with E-state index in [0.717, 1.165) is 50.5 Å². The number of hydrogen-bond donors (Lipinski definition) is 2. The van der Waals surface area contributed by atoms with Gasteiger partial charge in [-0.15, -0.1) is 0 Å². The average Bonchev–Trinajstić information content (AvgIpc) is 3.27. The van der Waals surface area contributed by atoms with E-state index >= 15 is 0 Å². The van der Waals surface area contributed by atoms with Crippen molar-refractivity contribution in [3.05, 3.63) is 29.8 Å². The molecule has 2 N–H and O–H groups in total. The van der Waals surface area contributed by atoms with Crippen LogP contribution in [0.3, 0.4) is 0 Å². The minimum absolute atomic E-state index is 0.142. The number of carboxylic acids is 1. The van der Waals surface area contributed by atoms with Crippen molar-refractivity contribution >= 4 is 5.97 Å². The Morgan fingerprint density at radius 1 is 1.32 bits per heavy atom. The first-order valence-corrected chi connectivity index (χ1v) is 10.3. The van der Waals surface area contributed by atoms with Crippen molar-refractivity contribution in [3.8, 4) is 17.6 Å². The van der Waals surface area contributed by atoms with Gasteiger partial charge in [0.2, 0.25) is 0 Å². The molecule has 0 aliphatic carbocycles. The molecule has 5 atom stereocenters. The number of benzene rings is 1. The van der Waals surface area contributed by atoms with Crippen LogP contribution in [0, 0.1) is 23.7 Å². The van der Waals surface area contributed by atoms with Crippen molar-refractivity contribution in [1.82, 2.24) is 0 Å². The smallest absolute Gasteiger partial charge is 0.341 e. The van der Waals surface area contributed by atoms with E-state index in [4.69, 9.17) is 14.6 Å². The summed E-state index contributed by atoms with van der Waals surface area (Å²) in [5.74, 6) is 6.41. The number of hydrogen-bond acceptors (Lipinski definition) is 4. The molecule has 2 fully saturated rings.